The highest BCUT2D eigenvalue weighted by atomic mass is 35.5. The van der Waals surface area contributed by atoms with E-state index >= 15 is 0 Å². The monoisotopic (exact) mass is 352 g/mol. The number of nitrogens with one attached hydrogen (secondary N) is 1. The van der Waals surface area contributed by atoms with E-state index in [1.807, 2.05) is 0 Å². The first-order chi connectivity index (χ1) is 10.6. The van der Waals surface area contributed by atoms with Crippen molar-refractivity contribution in [3.63, 3.8) is 0 Å². The maximum absolute atomic E-state index is 12.4. The minimum absolute atomic E-state index is 0.302. The number of thiazole rings is 1. The molecule has 0 atom stereocenters. The van der Waals surface area contributed by atoms with Crippen molar-refractivity contribution in [1.29, 1.82) is 0 Å². The molecule has 0 aliphatic heterocycles. The van der Waals surface area contributed by atoms with Gasteiger partial charge in [-0.3, -0.25) is 10.1 Å². The van der Waals surface area contributed by atoms with Crippen molar-refractivity contribution in [3.05, 3.63) is 52.0 Å². The zero-order chi connectivity index (χ0) is 15.7. The Morgan fingerprint density at radius 2 is 1.91 bits per heavy atom. The number of ether oxygens (including phenoxy) is 1. The Hall–Kier alpha value is -1.82. The third kappa shape index (κ3) is 2.75. The van der Waals surface area contributed by atoms with Crippen molar-refractivity contribution < 1.29 is 9.53 Å². The SMILES string of the molecule is COc1ccccc1C(=O)Nc1nc2c(Cl)ccc(Cl)c2s1. The minimum Gasteiger partial charge on any atom is -0.496 e. The summed E-state index contributed by atoms with van der Waals surface area (Å²) in [6, 6.07) is 10.4. The Kier molecular flexibility index (Phi) is 4.20. The lowest BCUT2D eigenvalue weighted by Gasteiger charge is -2.06. The molecule has 1 amide bonds. The lowest BCUT2D eigenvalue weighted by atomic mass is 10.2. The zero-order valence-corrected chi connectivity index (χ0v) is 13.7. The van der Waals surface area contributed by atoms with Gasteiger partial charge in [-0.2, -0.15) is 0 Å². The summed E-state index contributed by atoms with van der Waals surface area (Å²) in [4.78, 5) is 16.7. The summed E-state index contributed by atoms with van der Waals surface area (Å²) in [7, 11) is 1.52. The topological polar surface area (TPSA) is 51.2 Å². The van der Waals surface area contributed by atoms with Gasteiger partial charge in [-0.25, -0.2) is 4.98 Å². The van der Waals surface area contributed by atoms with Gasteiger partial charge in [-0.15, -0.1) is 0 Å². The molecular weight excluding hydrogens is 343 g/mol. The van der Waals surface area contributed by atoms with Gasteiger partial charge in [0.2, 0.25) is 0 Å². The van der Waals surface area contributed by atoms with Gasteiger partial charge in [0.1, 0.15) is 11.3 Å². The number of carbonyl (C=O) groups excluding carboxylic acids is 1. The van der Waals surface area contributed by atoms with Crippen molar-refractivity contribution in [2.45, 2.75) is 0 Å². The molecule has 112 valence electrons. The van der Waals surface area contributed by atoms with Gasteiger partial charge in [0.05, 0.1) is 27.4 Å². The Morgan fingerprint density at radius 3 is 2.64 bits per heavy atom. The lowest BCUT2D eigenvalue weighted by molar-refractivity contribution is 0.102. The predicted octanol–water partition coefficient (Wildman–Crippen LogP) is 4.86. The van der Waals surface area contributed by atoms with Crippen molar-refractivity contribution >= 4 is 55.8 Å². The summed E-state index contributed by atoms with van der Waals surface area (Å²) in [6.45, 7) is 0. The highest BCUT2D eigenvalue weighted by molar-refractivity contribution is 7.23. The fourth-order valence-corrected chi connectivity index (χ4v) is 3.41. The van der Waals surface area contributed by atoms with Crippen LogP contribution in [0.25, 0.3) is 10.2 Å². The molecule has 0 fully saturated rings. The van der Waals surface area contributed by atoms with Crippen LogP contribution in [-0.2, 0) is 0 Å². The van der Waals surface area contributed by atoms with Gasteiger partial charge in [0, 0.05) is 0 Å². The number of nitrogens with zero attached hydrogens (tertiary/aromatic N) is 1. The largest absolute Gasteiger partial charge is 0.496 e. The molecule has 0 saturated heterocycles. The van der Waals surface area contributed by atoms with E-state index in [1.54, 1.807) is 36.4 Å². The van der Waals surface area contributed by atoms with Crippen LogP contribution in [0.3, 0.4) is 0 Å². The van der Waals surface area contributed by atoms with Crippen LogP contribution < -0.4 is 10.1 Å². The van der Waals surface area contributed by atoms with Gasteiger partial charge in [-0.1, -0.05) is 46.7 Å². The standard InChI is InChI=1S/C15H10Cl2N2O2S/c1-21-11-5-3-2-4-8(11)14(20)19-15-18-12-9(16)6-7-10(17)13(12)22-15/h2-7H,1H3,(H,18,19,20). The van der Waals surface area contributed by atoms with E-state index in [1.165, 1.54) is 18.4 Å². The fraction of sp³-hybridized carbons (Fsp3) is 0.0667. The molecule has 0 radical (unpaired) electrons. The number of amides is 1. The number of hydrogen-bond acceptors (Lipinski definition) is 4. The van der Waals surface area contributed by atoms with Crippen molar-refractivity contribution in [3.8, 4) is 5.75 Å². The van der Waals surface area contributed by atoms with Gasteiger partial charge in [0.15, 0.2) is 5.13 Å². The van der Waals surface area contributed by atoms with Crippen LogP contribution in [-0.4, -0.2) is 18.0 Å². The average Bonchev–Trinajstić information content (AvgIpc) is 2.96. The van der Waals surface area contributed by atoms with E-state index in [9.17, 15) is 4.79 Å². The molecule has 1 heterocycles. The number of para-hydroxylation sites is 1. The Morgan fingerprint density at radius 1 is 1.18 bits per heavy atom. The second-order valence-corrected chi connectivity index (χ2v) is 6.19. The van der Waals surface area contributed by atoms with Gasteiger partial charge in [0.25, 0.3) is 5.91 Å². The van der Waals surface area contributed by atoms with Crippen LogP contribution in [0.4, 0.5) is 5.13 Å². The van der Waals surface area contributed by atoms with E-state index in [0.717, 1.165) is 4.70 Å². The quantitative estimate of drug-likeness (QED) is 0.731. The molecule has 4 nitrogen and oxygen atoms in total. The van der Waals surface area contributed by atoms with Crippen LogP contribution in [0.5, 0.6) is 5.75 Å². The van der Waals surface area contributed by atoms with Crippen LogP contribution >= 0.6 is 34.5 Å². The number of anilines is 1. The number of fused-ring (bicyclic) bond motifs is 1. The van der Waals surface area contributed by atoms with Crippen molar-refractivity contribution in [1.82, 2.24) is 4.98 Å². The van der Waals surface area contributed by atoms with Gasteiger partial charge in [-0.05, 0) is 24.3 Å². The number of benzene rings is 2. The summed E-state index contributed by atoms with van der Waals surface area (Å²) in [5.41, 5.74) is 1.01. The van der Waals surface area contributed by atoms with Crippen LogP contribution in [0.1, 0.15) is 10.4 Å². The second-order valence-electron chi connectivity index (χ2n) is 4.38. The number of aromatic nitrogens is 1. The highest BCUT2D eigenvalue weighted by Gasteiger charge is 2.15. The molecule has 1 aromatic heterocycles. The summed E-state index contributed by atoms with van der Waals surface area (Å²) in [5.74, 6) is 0.195. The maximum atomic E-state index is 12.4. The Labute approximate surface area is 140 Å². The first kappa shape index (κ1) is 15.1. The highest BCUT2D eigenvalue weighted by Crippen LogP contribution is 2.36. The zero-order valence-electron chi connectivity index (χ0n) is 11.4. The molecule has 0 bridgehead atoms. The molecule has 0 saturated carbocycles. The summed E-state index contributed by atoms with van der Waals surface area (Å²) in [5, 5.41) is 4.22. The van der Waals surface area contributed by atoms with Crippen LogP contribution in [0.15, 0.2) is 36.4 Å². The van der Waals surface area contributed by atoms with E-state index < -0.39 is 0 Å². The molecule has 3 aromatic rings. The molecule has 22 heavy (non-hydrogen) atoms. The van der Waals surface area contributed by atoms with Crippen molar-refractivity contribution in [2.24, 2.45) is 0 Å². The second kappa shape index (κ2) is 6.12. The smallest absolute Gasteiger partial charge is 0.261 e. The van der Waals surface area contributed by atoms with E-state index in [4.69, 9.17) is 27.9 Å². The van der Waals surface area contributed by atoms with E-state index in [-0.39, 0.29) is 5.91 Å². The first-order valence-electron chi connectivity index (χ1n) is 6.29. The van der Waals surface area contributed by atoms with E-state index in [0.29, 0.717) is 32.0 Å². The fourth-order valence-electron chi connectivity index (χ4n) is 1.99. The molecule has 2 aromatic carbocycles. The van der Waals surface area contributed by atoms with Crippen molar-refractivity contribution in [2.75, 3.05) is 12.4 Å². The number of carbonyl (C=O) groups is 1. The third-order valence-corrected chi connectivity index (χ3v) is 4.75. The van der Waals surface area contributed by atoms with Gasteiger partial charge >= 0.3 is 0 Å². The normalized spacial score (nSPS) is 10.7. The molecule has 0 aliphatic carbocycles. The van der Waals surface area contributed by atoms with E-state index in [2.05, 4.69) is 10.3 Å². The maximum Gasteiger partial charge on any atom is 0.261 e. The van der Waals surface area contributed by atoms with Crippen LogP contribution in [0.2, 0.25) is 10.0 Å². The third-order valence-electron chi connectivity index (χ3n) is 3.02. The first-order valence-corrected chi connectivity index (χ1v) is 7.86. The average molecular weight is 353 g/mol. The number of halogens is 2. The number of rotatable bonds is 3. The molecule has 0 unspecified atom stereocenters. The summed E-state index contributed by atoms with van der Waals surface area (Å²) >= 11 is 13.5. The Balaban J connectivity index is 1.95. The lowest BCUT2D eigenvalue weighted by Crippen LogP contribution is -2.12. The molecule has 7 heteroatoms. The predicted molar refractivity (Wildman–Crippen MR) is 90.6 cm³/mol. The molecule has 0 spiro atoms. The number of methoxy groups -OCH3 is 1. The molecule has 0 aliphatic rings. The number of hydrogen-bond donors (Lipinski definition) is 1. The minimum atomic E-state index is -0.302. The molecule has 3 rings (SSSR count). The van der Waals surface area contributed by atoms with Gasteiger partial charge < -0.3 is 4.74 Å². The molecule has 1 N–H and O–H groups in total. The summed E-state index contributed by atoms with van der Waals surface area (Å²) in [6.07, 6.45) is 0. The summed E-state index contributed by atoms with van der Waals surface area (Å²) < 4.78 is 5.92. The Bertz CT molecular complexity index is 825. The van der Waals surface area contributed by atoms with Crippen LogP contribution in [0, 0.1) is 0 Å². The molecular formula is C15H10Cl2N2O2S.